The first-order valence-electron chi connectivity index (χ1n) is 6.95. The number of hydrogen-bond acceptors (Lipinski definition) is 3. The van der Waals surface area contributed by atoms with Gasteiger partial charge in [-0.05, 0) is 51.6 Å². The molecule has 1 unspecified atom stereocenters. The number of rotatable bonds is 4. The van der Waals surface area contributed by atoms with Gasteiger partial charge in [-0.15, -0.1) is 0 Å². The maximum absolute atomic E-state index is 14.3. The quantitative estimate of drug-likeness (QED) is 0.907. The molecule has 0 bridgehead atoms. The standard InChI is InChI=1S/C15H24FN3/c1-11(17)12-6-7-15(14(16)9-12)19-8-4-5-13(19)10-18(2)3/h6-7,9,11,13H,4-5,8,10,17H2,1-3H3/t11-,13?/m0/s1. The molecule has 0 spiro atoms. The van der Waals surface area contributed by atoms with E-state index in [1.165, 1.54) is 0 Å². The monoisotopic (exact) mass is 265 g/mol. The second kappa shape index (κ2) is 5.88. The Bertz CT molecular complexity index is 431. The van der Waals surface area contributed by atoms with Gasteiger partial charge in [0.1, 0.15) is 5.82 Å². The lowest BCUT2D eigenvalue weighted by molar-refractivity contribution is 0.371. The van der Waals surface area contributed by atoms with E-state index in [0.29, 0.717) is 11.7 Å². The summed E-state index contributed by atoms with van der Waals surface area (Å²) in [6, 6.07) is 5.67. The lowest BCUT2D eigenvalue weighted by Crippen LogP contribution is -2.38. The fourth-order valence-corrected chi connectivity index (χ4v) is 2.80. The summed E-state index contributed by atoms with van der Waals surface area (Å²) in [5.41, 5.74) is 7.36. The molecule has 0 aromatic heterocycles. The zero-order chi connectivity index (χ0) is 14.0. The van der Waals surface area contributed by atoms with Crippen LogP contribution in [0.4, 0.5) is 10.1 Å². The molecule has 0 radical (unpaired) electrons. The minimum Gasteiger partial charge on any atom is -0.365 e. The van der Waals surface area contributed by atoms with Gasteiger partial charge in [0.15, 0.2) is 0 Å². The Morgan fingerprint density at radius 2 is 2.21 bits per heavy atom. The Balaban J connectivity index is 2.21. The van der Waals surface area contributed by atoms with Crippen LogP contribution in [0.3, 0.4) is 0 Å². The predicted molar refractivity (Wildman–Crippen MR) is 77.9 cm³/mol. The molecule has 0 saturated carbocycles. The average molecular weight is 265 g/mol. The van der Waals surface area contributed by atoms with Crippen LogP contribution in [0.5, 0.6) is 0 Å². The van der Waals surface area contributed by atoms with E-state index < -0.39 is 0 Å². The van der Waals surface area contributed by atoms with Crippen molar-refractivity contribution in [1.29, 1.82) is 0 Å². The number of nitrogens with zero attached hydrogens (tertiary/aromatic N) is 2. The van der Waals surface area contributed by atoms with Gasteiger partial charge in [-0.2, -0.15) is 0 Å². The minimum absolute atomic E-state index is 0.125. The molecule has 1 fully saturated rings. The number of benzene rings is 1. The highest BCUT2D eigenvalue weighted by atomic mass is 19.1. The Labute approximate surface area is 115 Å². The van der Waals surface area contributed by atoms with E-state index in [1.54, 1.807) is 6.07 Å². The molecule has 3 nitrogen and oxygen atoms in total. The van der Waals surface area contributed by atoms with Gasteiger partial charge in [-0.3, -0.25) is 0 Å². The second-order valence-electron chi connectivity index (χ2n) is 5.75. The first-order valence-corrected chi connectivity index (χ1v) is 6.95. The van der Waals surface area contributed by atoms with Crippen molar-refractivity contribution in [2.24, 2.45) is 5.73 Å². The summed E-state index contributed by atoms with van der Waals surface area (Å²) in [7, 11) is 4.12. The first-order chi connectivity index (χ1) is 8.99. The average Bonchev–Trinajstić information content (AvgIpc) is 2.75. The van der Waals surface area contributed by atoms with Crippen LogP contribution in [0.1, 0.15) is 31.4 Å². The molecule has 1 saturated heterocycles. The molecule has 1 aliphatic heterocycles. The van der Waals surface area contributed by atoms with Crippen molar-refractivity contribution < 1.29 is 4.39 Å². The SMILES string of the molecule is C[C@H](N)c1ccc(N2CCCC2CN(C)C)c(F)c1. The topological polar surface area (TPSA) is 32.5 Å². The molecule has 1 aromatic carbocycles. The van der Waals surface area contributed by atoms with Crippen LogP contribution >= 0.6 is 0 Å². The molecule has 0 aliphatic carbocycles. The maximum Gasteiger partial charge on any atom is 0.146 e. The third-order valence-corrected chi connectivity index (χ3v) is 3.76. The molecule has 2 atom stereocenters. The van der Waals surface area contributed by atoms with Crippen LogP contribution in [0, 0.1) is 5.82 Å². The molecule has 2 N–H and O–H groups in total. The molecule has 19 heavy (non-hydrogen) atoms. The minimum atomic E-state index is -0.152. The summed E-state index contributed by atoms with van der Waals surface area (Å²) < 4.78 is 14.3. The Hall–Kier alpha value is -1.13. The molecular formula is C15H24FN3. The summed E-state index contributed by atoms with van der Waals surface area (Å²) in [6.45, 7) is 3.78. The van der Waals surface area contributed by atoms with E-state index in [0.717, 1.165) is 31.5 Å². The van der Waals surface area contributed by atoms with Crippen molar-refractivity contribution in [3.63, 3.8) is 0 Å². The van der Waals surface area contributed by atoms with E-state index in [4.69, 9.17) is 5.73 Å². The van der Waals surface area contributed by atoms with E-state index in [-0.39, 0.29) is 11.9 Å². The number of nitrogens with two attached hydrogens (primary N) is 1. The number of halogens is 1. The Morgan fingerprint density at radius 1 is 1.47 bits per heavy atom. The number of likely N-dealkylation sites (N-methyl/N-ethyl adjacent to an activating group) is 1. The van der Waals surface area contributed by atoms with E-state index in [9.17, 15) is 4.39 Å². The van der Waals surface area contributed by atoms with Gasteiger partial charge >= 0.3 is 0 Å². The molecule has 1 aromatic rings. The van der Waals surface area contributed by atoms with Gasteiger partial charge in [0.2, 0.25) is 0 Å². The normalized spacial score (nSPS) is 21.2. The second-order valence-corrected chi connectivity index (χ2v) is 5.75. The fraction of sp³-hybridized carbons (Fsp3) is 0.600. The van der Waals surface area contributed by atoms with Gasteiger partial charge in [-0.1, -0.05) is 6.07 Å². The highest BCUT2D eigenvalue weighted by Gasteiger charge is 2.27. The van der Waals surface area contributed by atoms with Crippen molar-refractivity contribution in [3.05, 3.63) is 29.6 Å². The van der Waals surface area contributed by atoms with Crippen molar-refractivity contribution in [3.8, 4) is 0 Å². The van der Waals surface area contributed by atoms with Gasteiger partial charge in [0, 0.05) is 25.2 Å². The zero-order valence-electron chi connectivity index (χ0n) is 12.1. The van der Waals surface area contributed by atoms with Crippen molar-refractivity contribution in [2.75, 3.05) is 32.1 Å². The van der Waals surface area contributed by atoms with Crippen LogP contribution in [0.25, 0.3) is 0 Å². The smallest absolute Gasteiger partial charge is 0.146 e. The Kier molecular flexibility index (Phi) is 4.42. The highest BCUT2D eigenvalue weighted by Crippen LogP contribution is 2.29. The van der Waals surface area contributed by atoms with Crippen molar-refractivity contribution in [1.82, 2.24) is 4.90 Å². The zero-order valence-corrected chi connectivity index (χ0v) is 12.1. The highest BCUT2D eigenvalue weighted by molar-refractivity contribution is 5.51. The summed E-state index contributed by atoms with van der Waals surface area (Å²) >= 11 is 0. The number of anilines is 1. The molecule has 4 heteroatoms. The maximum atomic E-state index is 14.3. The lowest BCUT2D eigenvalue weighted by atomic mass is 10.1. The van der Waals surface area contributed by atoms with E-state index in [2.05, 4.69) is 23.9 Å². The number of hydrogen-bond donors (Lipinski definition) is 1. The van der Waals surface area contributed by atoms with Crippen LogP contribution in [0.15, 0.2) is 18.2 Å². The van der Waals surface area contributed by atoms with E-state index >= 15 is 0 Å². The third kappa shape index (κ3) is 3.25. The van der Waals surface area contributed by atoms with Crippen LogP contribution in [-0.4, -0.2) is 38.1 Å². The van der Waals surface area contributed by atoms with Gasteiger partial charge < -0.3 is 15.5 Å². The summed E-state index contributed by atoms with van der Waals surface area (Å²) in [5.74, 6) is -0.152. The van der Waals surface area contributed by atoms with Crippen LogP contribution in [-0.2, 0) is 0 Å². The van der Waals surface area contributed by atoms with Crippen molar-refractivity contribution >= 4 is 5.69 Å². The molecular weight excluding hydrogens is 241 g/mol. The fourth-order valence-electron chi connectivity index (χ4n) is 2.80. The predicted octanol–water partition coefficient (Wildman–Crippen LogP) is 2.38. The summed E-state index contributed by atoms with van der Waals surface area (Å²) in [4.78, 5) is 4.36. The Morgan fingerprint density at radius 3 is 2.79 bits per heavy atom. The summed E-state index contributed by atoms with van der Waals surface area (Å²) in [6.07, 6.45) is 2.26. The van der Waals surface area contributed by atoms with Gasteiger partial charge in [0.05, 0.1) is 5.69 Å². The lowest BCUT2D eigenvalue weighted by Gasteiger charge is -2.29. The molecule has 1 aliphatic rings. The van der Waals surface area contributed by atoms with Crippen molar-refractivity contribution in [2.45, 2.75) is 31.8 Å². The van der Waals surface area contributed by atoms with Crippen LogP contribution < -0.4 is 10.6 Å². The third-order valence-electron chi connectivity index (χ3n) is 3.76. The van der Waals surface area contributed by atoms with Crippen LogP contribution in [0.2, 0.25) is 0 Å². The molecule has 1 heterocycles. The molecule has 2 rings (SSSR count). The van der Waals surface area contributed by atoms with Gasteiger partial charge in [-0.25, -0.2) is 4.39 Å². The molecule has 0 amide bonds. The largest absolute Gasteiger partial charge is 0.365 e. The summed E-state index contributed by atoms with van der Waals surface area (Å²) in [5, 5.41) is 0. The molecule has 106 valence electrons. The van der Waals surface area contributed by atoms with E-state index in [1.807, 2.05) is 19.1 Å². The van der Waals surface area contributed by atoms with Gasteiger partial charge in [0.25, 0.3) is 0 Å². The first kappa shape index (κ1) is 14.3.